The Bertz CT molecular complexity index is 230. The van der Waals surface area contributed by atoms with Crippen LogP contribution < -0.4 is 10.6 Å². The Morgan fingerprint density at radius 3 is 2.73 bits per heavy atom. The van der Waals surface area contributed by atoms with Crippen LogP contribution >= 0.6 is 0 Å². The van der Waals surface area contributed by atoms with Crippen LogP contribution in [-0.4, -0.2) is 43.2 Å². The van der Waals surface area contributed by atoms with E-state index in [0.717, 1.165) is 0 Å². The van der Waals surface area contributed by atoms with E-state index in [0.29, 0.717) is 0 Å². The van der Waals surface area contributed by atoms with Gasteiger partial charge in [0.1, 0.15) is 6.10 Å². The summed E-state index contributed by atoms with van der Waals surface area (Å²) in [6.07, 6.45) is -4.39. The fraction of sp³-hybridized carbons (Fsp3) is 0.750. The van der Waals surface area contributed by atoms with Gasteiger partial charge in [-0.25, -0.2) is 8.78 Å². The summed E-state index contributed by atoms with van der Waals surface area (Å²) >= 11 is 0. The number of halogens is 2. The molecule has 1 amide bonds. The summed E-state index contributed by atoms with van der Waals surface area (Å²) in [5.41, 5.74) is 0. The molecule has 1 unspecified atom stereocenters. The first-order chi connectivity index (χ1) is 7.07. The van der Waals surface area contributed by atoms with E-state index in [2.05, 4.69) is 10.6 Å². The maximum absolute atomic E-state index is 11.8. The summed E-state index contributed by atoms with van der Waals surface area (Å²) in [5, 5.41) is 21.6. The molecule has 86 valence electrons. The van der Waals surface area contributed by atoms with Crippen molar-refractivity contribution in [3.05, 3.63) is 0 Å². The smallest absolute Gasteiger partial charge is 0.265 e. The molecule has 3 N–H and O–H groups in total. The van der Waals surface area contributed by atoms with Crippen LogP contribution in [0.3, 0.4) is 0 Å². The Morgan fingerprint density at radius 2 is 2.20 bits per heavy atom. The predicted molar refractivity (Wildman–Crippen MR) is 48.1 cm³/mol. The van der Waals surface area contributed by atoms with E-state index in [1.165, 1.54) is 0 Å². The van der Waals surface area contributed by atoms with Gasteiger partial charge in [-0.2, -0.15) is 5.26 Å². The van der Waals surface area contributed by atoms with Crippen LogP contribution in [0.1, 0.15) is 6.42 Å². The third-order valence-electron chi connectivity index (χ3n) is 1.49. The lowest BCUT2D eigenvalue weighted by Gasteiger charge is -2.10. The second kappa shape index (κ2) is 8.08. The normalized spacial score (nSPS) is 12.2. The fourth-order valence-electron chi connectivity index (χ4n) is 0.743. The maximum Gasteiger partial charge on any atom is 0.265 e. The number of amides is 1. The molecule has 7 heteroatoms. The van der Waals surface area contributed by atoms with Crippen molar-refractivity contribution in [2.75, 3.05) is 19.6 Å². The number of nitriles is 1. The van der Waals surface area contributed by atoms with Gasteiger partial charge < -0.3 is 15.7 Å². The van der Waals surface area contributed by atoms with Crippen LogP contribution in [0.15, 0.2) is 0 Å². The van der Waals surface area contributed by atoms with Gasteiger partial charge in [-0.1, -0.05) is 0 Å². The second-order valence-electron chi connectivity index (χ2n) is 2.79. The molecule has 0 radical (unpaired) electrons. The zero-order valence-corrected chi connectivity index (χ0v) is 8.04. The molecule has 0 aliphatic heterocycles. The number of nitrogens with one attached hydrogen (secondary N) is 2. The Labute approximate surface area is 86.1 Å². The van der Waals surface area contributed by atoms with Gasteiger partial charge in [-0.3, -0.25) is 4.79 Å². The first kappa shape index (κ1) is 13.7. The van der Waals surface area contributed by atoms with Gasteiger partial charge >= 0.3 is 0 Å². The highest BCUT2D eigenvalue weighted by atomic mass is 19.3. The summed E-state index contributed by atoms with van der Waals surface area (Å²) in [6, 6.07) is 1.84. The Morgan fingerprint density at radius 1 is 1.53 bits per heavy atom. The molecule has 0 saturated carbocycles. The minimum absolute atomic E-state index is 0.158. The van der Waals surface area contributed by atoms with Gasteiger partial charge in [0.2, 0.25) is 5.91 Å². The lowest BCUT2D eigenvalue weighted by atomic mass is 10.3. The molecule has 0 spiro atoms. The first-order valence-electron chi connectivity index (χ1n) is 4.38. The summed E-state index contributed by atoms with van der Waals surface area (Å²) in [6.45, 7) is -0.271. The summed E-state index contributed by atoms with van der Waals surface area (Å²) in [7, 11) is 0. The molecule has 0 aliphatic carbocycles. The van der Waals surface area contributed by atoms with Gasteiger partial charge in [-0.05, 0) is 0 Å². The van der Waals surface area contributed by atoms with Crippen molar-refractivity contribution < 1.29 is 18.7 Å². The minimum Gasteiger partial charge on any atom is -0.386 e. The predicted octanol–water partition coefficient (Wildman–Crippen LogP) is -0.768. The number of hydrogen-bond donors (Lipinski definition) is 3. The third-order valence-corrected chi connectivity index (χ3v) is 1.49. The van der Waals surface area contributed by atoms with Crippen molar-refractivity contribution in [2.45, 2.75) is 19.0 Å². The number of carbonyl (C=O) groups is 1. The lowest BCUT2D eigenvalue weighted by Crippen LogP contribution is -2.39. The van der Waals surface area contributed by atoms with Crippen molar-refractivity contribution >= 4 is 5.91 Å². The van der Waals surface area contributed by atoms with Gasteiger partial charge in [0.25, 0.3) is 6.43 Å². The molecule has 0 aromatic rings. The van der Waals surface area contributed by atoms with E-state index in [1.54, 1.807) is 0 Å². The van der Waals surface area contributed by atoms with Crippen molar-refractivity contribution in [1.29, 1.82) is 5.26 Å². The number of rotatable bonds is 7. The molecule has 5 nitrogen and oxygen atoms in total. The summed E-state index contributed by atoms with van der Waals surface area (Å²) < 4.78 is 23.5. The van der Waals surface area contributed by atoms with Crippen LogP contribution in [0.4, 0.5) is 8.78 Å². The summed E-state index contributed by atoms with van der Waals surface area (Å²) in [5.74, 6) is -0.397. The summed E-state index contributed by atoms with van der Waals surface area (Å²) in [4.78, 5) is 10.9. The highest BCUT2D eigenvalue weighted by Crippen LogP contribution is 1.97. The molecule has 0 fully saturated rings. The fourth-order valence-corrected chi connectivity index (χ4v) is 0.743. The molecule has 0 heterocycles. The molecule has 1 atom stereocenters. The van der Waals surface area contributed by atoms with E-state index >= 15 is 0 Å². The van der Waals surface area contributed by atoms with Gasteiger partial charge in [0, 0.05) is 13.1 Å². The maximum atomic E-state index is 11.8. The highest BCUT2D eigenvalue weighted by Gasteiger charge is 2.16. The zero-order valence-electron chi connectivity index (χ0n) is 8.04. The first-order valence-corrected chi connectivity index (χ1v) is 4.38. The molecular formula is C8H13F2N3O2. The number of aliphatic hydroxyl groups excluding tert-OH is 1. The van der Waals surface area contributed by atoms with E-state index in [9.17, 15) is 13.6 Å². The number of nitrogens with zero attached hydrogens (tertiary/aromatic N) is 1. The largest absolute Gasteiger partial charge is 0.386 e. The van der Waals surface area contributed by atoms with Crippen LogP contribution in [0.5, 0.6) is 0 Å². The van der Waals surface area contributed by atoms with E-state index < -0.39 is 18.4 Å². The van der Waals surface area contributed by atoms with E-state index in [1.807, 2.05) is 6.07 Å². The Balaban J connectivity index is 3.43. The topological polar surface area (TPSA) is 85.2 Å². The van der Waals surface area contributed by atoms with Crippen LogP contribution in [0, 0.1) is 11.3 Å². The number of alkyl halides is 2. The van der Waals surface area contributed by atoms with Crippen molar-refractivity contribution in [3.8, 4) is 6.07 Å². The zero-order chi connectivity index (χ0) is 11.7. The SMILES string of the molecule is N#CCCNC(=O)CNCC(O)C(F)F. The minimum atomic E-state index is -2.82. The molecule has 0 bridgehead atoms. The van der Waals surface area contributed by atoms with Crippen LogP contribution in [0.25, 0.3) is 0 Å². The molecule has 0 aromatic carbocycles. The quantitative estimate of drug-likeness (QED) is 0.493. The highest BCUT2D eigenvalue weighted by molar-refractivity contribution is 5.77. The van der Waals surface area contributed by atoms with Crippen LogP contribution in [-0.2, 0) is 4.79 Å². The molecule has 0 rings (SSSR count). The van der Waals surface area contributed by atoms with E-state index in [-0.39, 0.29) is 26.1 Å². The van der Waals surface area contributed by atoms with Crippen molar-refractivity contribution in [2.24, 2.45) is 0 Å². The van der Waals surface area contributed by atoms with Gasteiger partial charge in [-0.15, -0.1) is 0 Å². The molecule has 15 heavy (non-hydrogen) atoms. The number of carbonyl (C=O) groups excluding carboxylic acids is 1. The third kappa shape index (κ3) is 7.78. The number of hydrogen-bond acceptors (Lipinski definition) is 4. The lowest BCUT2D eigenvalue weighted by molar-refractivity contribution is -0.120. The average molecular weight is 221 g/mol. The Hall–Kier alpha value is -1.26. The van der Waals surface area contributed by atoms with E-state index in [4.69, 9.17) is 10.4 Å². The number of aliphatic hydroxyl groups is 1. The van der Waals surface area contributed by atoms with Crippen molar-refractivity contribution in [1.82, 2.24) is 10.6 Å². The van der Waals surface area contributed by atoms with Crippen LogP contribution in [0.2, 0.25) is 0 Å². The second-order valence-corrected chi connectivity index (χ2v) is 2.79. The standard InChI is InChI=1S/C8H13F2N3O2/c9-8(10)6(14)4-12-5-7(15)13-3-1-2-11/h6,8,12,14H,1,3-5H2,(H,13,15). The monoisotopic (exact) mass is 221 g/mol. The Kier molecular flexibility index (Phi) is 7.40. The molecule has 0 aromatic heterocycles. The molecule has 0 aliphatic rings. The molecule has 0 saturated heterocycles. The molecular weight excluding hydrogens is 208 g/mol. The van der Waals surface area contributed by atoms with Gasteiger partial charge in [0.05, 0.1) is 19.0 Å². The van der Waals surface area contributed by atoms with Crippen molar-refractivity contribution in [3.63, 3.8) is 0 Å². The van der Waals surface area contributed by atoms with Gasteiger partial charge in [0.15, 0.2) is 0 Å². The average Bonchev–Trinajstić information content (AvgIpc) is 2.18.